The molecule has 0 fully saturated rings. The van der Waals surface area contributed by atoms with Crippen LogP contribution in [0, 0.1) is 10.1 Å². The second-order valence-electron chi connectivity index (χ2n) is 7.19. The van der Waals surface area contributed by atoms with Gasteiger partial charge in [-0.05, 0) is 17.7 Å². The highest BCUT2D eigenvalue weighted by atomic mass is 16.6. The summed E-state index contributed by atoms with van der Waals surface area (Å²) >= 11 is 0. The number of nitrogens with one attached hydrogen (secondary N) is 2. The first kappa shape index (κ1) is 20.2. The normalized spacial score (nSPS) is 10.7. The molecule has 0 aliphatic rings. The molecule has 0 radical (unpaired) electrons. The third-order valence-electron chi connectivity index (χ3n) is 4.62. The Morgan fingerprint density at radius 1 is 0.931 bits per heavy atom. The summed E-state index contributed by atoms with van der Waals surface area (Å²) in [6, 6.07) is 21.4. The lowest BCUT2D eigenvalue weighted by molar-refractivity contribution is -0.872. The highest BCUT2D eigenvalue weighted by Gasteiger charge is 2.18. The monoisotopic (exact) mass is 390 g/mol. The third-order valence-corrected chi connectivity index (χ3v) is 4.62. The van der Waals surface area contributed by atoms with E-state index in [1.165, 1.54) is 16.5 Å². The number of rotatable bonds is 8. The van der Waals surface area contributed by atoms with Gasteiger partial charge < -0.3 is 10.2 Å². The van der Waals surface area contributed by atoms with Crippen molar-refractivity contribution in [3.05, 3.63) is 105 Å². The van der Waals surface area contributed by atoms with Crippen LogP contribution in [0.25, 0.3) is 0 Å². The number of ketones is 1. The molecule has 0 unspecified atom stereocenters. The topological polar surface area (TPSA) is 76.7 Å². The maximum absolute atomic E-state index is 12.6. The molecule has 0 amide bonds. The van der Waals surface area contributed by atoms with Gasteiger partial charge in [-0.2, -0.15) is 0 Å². The van der Waals surface area contributed by atoms with Crippen LogP contribution in [0.15, 0.2) is 72.8 Å². The van der Waals surface area contributed by atoms with Crippen LogP contribution in [0.2, 0.25) is 0 Å². The Kier molecular flexibility index (Phi) is 6.36. The van der Waals surface area contributed by atoms with Crippen LogP contribution in [0.1, 0.15) is 27.0 Å². The lowest BCUT2D eigenvalue weighted by Gasteiger charge is -2.14. The van der Waals surface area contributed by atoms with Gasteiger partial charge in [-0.3, -0.25) is 14.9 Å². The number of benzene rings is 3. The summed E-state index contributed by atoms with van der Waals surface area (Å²) in [4.78, 5) is 25.1. The molecule has 2 N–H and O–H groups in total. The summed E-state index contributed by atoms with van der Waals surface area (Å²) in [6.07, 6.45) is 0. The summed E-state index contributed by atoms with van der Waals surface area (Å²) in [6.45, 7) is 1.33. The van der Waals surface area contributed by atoms with Crippen molar-refractivity contribution in [2.45, 2.75) is 13.1 Å². The SMILES string of the molecule is C[NH+](C)Cc1ccccc1CNc1ccc(C(=O)c2ccccc2)cc1[N+](=O)[O-]. The van der Waals surface area contributed by atoms with Crippen LogP contribution < -0.4 is 10.2 Å². The molecular weight excluding hydrogens is 366 g/mol. The average molecular weight is 390 g/mol. The fraction of sp³-hybridized carbons (Fsp3) is 0.174. The van der Waals surface area contributed by atoms with Gasteiger partial charge in [-0.1, -0.05) is 54.6 Å². The van der Waals surface area contributed by atoms with Gasteiger partial charge in [0.25, 0.3) is 5.69 Å². The zero-order valence-electron chi connectivity index (χ0n) is 16.5. The van der Waals surface area contributed by atoms with Gasteiger partial charge in [0.05, 0.1) is 19.0 Å². The molecule has 3 aromatic carbocycles. The Morgan fingerprint density at radius 3 is 2.24 bits per heavy atom. The molecule has 0 aromatic heterocycles. The van der Waals surface area contributed by atoms with Gasteiger partial charge in [0.2, 0.25) is 0 Å². The summed E-state index contributed by atoms with van der Waals surface area (Å²) in [7, 11) is 4.16. The van der Waals surface area contributed by atoms with Crippen LogP contribution in [-0.4, -0.2) is 24.8 Å². The Balaban J connectivity index is 1.84. The first-order valence-electron chi connectivity index (χ1n) is 9.43. The lowest BCUT2D eigenvalue weighted by atomic mass is 10.0. The molecule has 0 heterocycles. The van der Waals surface area contributed by atoms with E-state index in [-0.39, 0.29) is 11.5 Å². The molecule has 0 atom stereocenters. The van der Waals surface area contributed by atoms with Crippen LogP contribution in [0.3, 0.4) is 0 Å². The molecule has 0 spiro atoms. The first-order valence-corrected chi connectivity index (χ1v) is 9.43. The smallest absolute Gasteiger partial charge is 0.293 e. The molecule has 29 heavy (non-hydrogen) atoms. The van der Waals surface area contributed by atoms with Crippen LogP contribution in [0.5, 0.6) is 0 Å². The Morgan fingerprint density at radius 2 is 1.59 bits per heavy atom. The highest BCUT2D eigenvalue weighted by molar-refractivity contribution is 6.09. The number of nitrogens with zero attached hydrogens (tertiary/aromatic N) is 1. The standard InChI is InChI=1S/C23H23N3O3/c1-25(2)16-20-11-7-6-10-19(20)15-24-21-13-12-18(14-22(21)26(28)29)23(27)17-8-4-3-5-9-17/h3-14,24H,15-16H2,1-2H3/p+1. The first-order chi connectivity index (χ1) is 14.0. The summed E-state index contributed by atoms with van der Waals surface area (Å²) in [5, 5.41) is 14.8. The molecule has 3 rings (SSSR count). The Hall–Kier alpha value is -3.51. The Labute approximate surface area is 169 Å². The van der Waals surface area contributed by atoms with E-state index >= 15 is 0 Å². The Bertz CT molecular complexity index is 1020. The predicted octanol–water partition coefficient (Wildman–Crippen LogP) is 3.08. The molecule has 0 saturated carbocycles. The molecular formula is C23H24N3O3+. The van der Waals surface area contributed by atoms with Gasteiger partial charge in [-0.15, -0.1) is 0 Å². The summed E-state index contributed by atoms with van der Waals surface area (Å²) < 4.78 is 0. The number of hydrogen-bond acceptors (Lipinski definition) is 4. The van der Waals surface area contributed by atoms with Gasteiger partial charge >= 0.3 is 0 Å². The zero-order valence-corrected chi connectivity index (χ0v) is 16.5. The van der Waals surface area contributed by atoms with E-state index in [0.717, 1.165) is 12.1 Å². The molecule has 3 aromatic rings. The van der Waals surface area contributed by atoms with E-state index in [1.807, 2.05) is 24.3 Å². The van der Waals surface area contributed by atoms with E-state index in [9.17, 15) is 14.9 Å². The number of anilines is 1. The quantitative estimate of drug-likeness (QED) is 0.352. The molecule has 0 aliphatic carbocycles. The van der Waals surface area contributed by atoms with E-state index in [2.05, 4.69) is 25.5 Å². The van der Waals surface area contributed by atoms with Gasteiger partial charge in [-0.25, -0.2) is 0 Å². The lowest BCUT2D eigenvalue weighted by Crippen LogP contribution is -3.04. The summed E-state index contributed by atoms with van der Waals surface area (Å²) in [5.74, 6) is -0.237. The van der Waals surface area contributed by atoms with E-state index < -0.39 is 4.92 Å². The van der Waals surface area contributed by atoms with Crippen molar-refractivity contribution in [1.29, 1.82) is 0 Å². The molecule has 0 saturated heterocycles. The van der Waals surface area contributed by atoms with Crippen molar-refractivity contribution >= 4 is 17.2 Å². The predicted molar refractivity (Wildman–Crippen MR) is 113 cm³/mol. The van der Waals surface area contributed by atoms with Crippen molar-refractivity contribution in [2.24, 2.45) is 0 Å². The molecule has 6 nitrogen and oxygen atoms in total. The molecule has 148 valence electrons. The molecule has 0 bridgehead atoms. The number of nitro benzene ring substituents is 1. The van der Waals surface area contributed by atoms with Gasteiger partial charge in [0.1, 0.15) is 12.2 Å². The zero-order chi connectivity index (χ0) is 20.8. The maximum atomic E-state index is 12.6. The van der Waals surface area contributed by atoms with Crippen LogP contribution in [-0.2, 0) is 13.1 Å². The fourth-order valence-corrected chi connectivity index (χ4v) is 3.20. The van der Waals surface area contributed by atoms with Crippen molar-refractivity contribution in [3.63, 3.8) is 0 Å². The minimum atomic E-state index is -0.458. The third kappa shape index (κ3) is 5.06. The molecule has 0 aliphatic heterocycles. The van der Waals surface area contributed by atoms with Crippen molar-refractivity contribution < 1.29 is 14.6 Å². The number of quaternary nitrogens is 1. The highest BCUT2D eigenvalue weighted by Crippen LogP contribution is 2.27. The number of carbonyl (C=O) groups is 1. The fourth-order valence-electron chi connectivity index (χ4n) is 3.20. The van der Waals surface area contributed by atoms with Crippen molar-refractivity contribution in [1.82, 2.24) is 0 Å². The van der Waals surface area contributed by atoms with Crippen molar-refractivity contribution in [2.75, 3.05) is 19.4 Å². The number of hydrogen-bond donors (Lipinski definition) is 2. The van der Waals surface area contributed by atoms with E-state index in [1.54, 1.807) is 36.4 Å². The molecule has 6 heteroatoms. The van der Waals surface area contributed by atoms with Gasteiger partial charge in [0.15, 0.2) is 5.78 Å². The second-order valence-corrected chi connectivity index (χ2v) is 7.19. The van der Waals surface area contributed by atoms with E-state index in [4.69, 9.17) is 0 Å². The number of carbonyl (C=O) groups excluding carboxylic acids is 1. The minimum absolute atomic E-state index is 0.109. The number of nitro groups is 1. The average Bonchev–Trinajstić information content (AvgIpc) is 2.72. The van der Waals surface area contributed by atoms with E-state index in [0.29, 0.717) is 23.4 Å². The summed E-state index contributed by atoms with van der Waals surface area (Å²) in [5.41, 5.74) is 3.37. The van der Waals surface area contributed by atoms with Crippen molar-refractivity contribution in [3.8, 4) is 0 Å². The maximum Gasteiger partial charge on any atom is 0.293 e. The second kappa shape index (κ2) is 9.12. The van der Waals surface area contributed by atoms with Crippen LogP contribution in [0.4, 0.5) is 11.4 Å². The van der Waals surface area contributed by atoms with Crippen LogP contribution >= 0.6 is 0 Å². The largest absolute Gasteiger partial charge is 0.375 e. The van der Waals surface area contributed by atoms with Gasteiger partial charge in [0, 0.05) is 29.3 Å². The minimum Gasteiger partial charge on any atom is -0.375 e.